The summed E-state index contributed by atoms with van der Waals surface area (Å²) in [5.74, 6) is -0.427. The van der Waals surface area contributed by atoms with Crippen LogP contribution in [-0.4, -0.2) is 25.5 Å². The summed E-state index contributed by atoms with van der Waals surface area (Å²) in [4.78, 5) is 26.8. The lowest BCUT2D eigenvalue weighted by atomic mass is 9.79. The Kier molecular flexibility index (Phi) is 7.76. The number of halogens is 3. The Balaban J connectivity index is 1.61. The lowest BCUT2D eigenvalue weighted by Crippen LogP contribution is -2.29. The average molecular weight is 629 g/mol. The molecule has 0 fully saturated rings. The summed E-state index contributed by atoms with van der Waals surface area (Å²) in [6, 6.07) is 16.3. The SMILES string of the molecule is CCOc1cc([C@@H]2C(C(=O)OC)=C(C)NC3=C2C(=O)c2ccccc23)cc(Br)c1OCc1ccc(Cl)cc1Cl. The first-order valence-corrected chi connectivity index (χ1v) is 13.8. The Hall–Kier alpha value is -3.26. The van der Waals surface area contributed by atoms with Crippen LogP contribution in [0.1, 0.15) is 46.8 Å². The average Bonchev–Trinajstić information content (AvgIpc) is 3.19. The summed E-state index contributed by atoms with van der Waals surface area (Å²) < 4.78 is 17.9. The molecule has 0 aromatic heterocycles. The number of hydrogen-bond donors (Lipinski definition) is 1. The van der Waals surface area contributed by atoms with E-state index >= 15 is 0 Å². The van der Waals surface area contributed by atoms with Gasteiger partial charge in [0.25, 0.3) is 0 Å². The fourth-order valence-corrected chi connectivity index (χ4v) is 6.03. The zero-order valence-corrected chi connectivity index (χ0v) is 24.5. The summed E-state index contributed by atoms with van der Waals surface area (Å²) in [6.07, 6.45) is 0. The van der Waals surface area contributed by atoms with Crippen LogP contribution < -0.4 is 14.8 Å². The summed E-state index contributed by atoms with van der Waals surface area (Å²) in [6.45, 7) is 4.22. The quantitative estimate of drug-likeness (QED) is 0.274. The molecule has 39 heavy (non-hydrogen) atoms. The van der Waals surface area contributed by atoms with Gasteiger partial charge in [-0.1, -0.05) is 53.5 Å². The van der Waals surface area contributed by atoms with Gasteiger partial charge in [0.2, 0.25) is 0 Å². The molecule has 1 heterocycles. The van der Waals surface area contributed by atoms with E-state index in [2.05, 4.69) is 21.2 Å². The van der Waals surface area contributed by atoms with Crippen molar-refractivity contribution >= 4 is 56.6 Å². The highest BCUT2D eigenvalue weighted by Crippen LogP contribution is 2.49. The molecule has 0 amide bonds. The van der Waals surface area contributed by atoms with E-state index in [4.69, 9.17) is 37.4 Å². The van der Waals surface area contributed by atoms with Crippen molar-refractivity contribution in [3.63, 3.8) is 0 Å². The molecular formula is C30H24BrCl2NO5. The van der Waals surface area contributed by atoms with Crippen LogP contribution in [0.15, 0.2) is 75.9 Å². The summed E-state index contributed by atoms with van der Waals surface area (Å²) in [7, 11) is 1.33. The van der Waals surface area contributed by atoms with Gasteiger partial charge >= 0.3 is 5.97 Å². The highest BCUT2D eigenvalue weighted by Gasteiger charge is 2.43. The van der Waals surface area contributed by atoms with Gasteiger partial charge in [0, 0.05) is 43.9 Å². The number of dihydropyridines is 1. The Morgan fingerprint density at radius 2 is 1.79 bits per heavy atom. The van der Waals surface area contributed by atoms with Crippen LogP contribution in [0.25, 0.3) is 5.70 Å². The van der Waals surface area contributed by atoms with Gasteiger partial charge in [-0.3, -0.25) is 4.79 Å². The molecule has 5 rings (SSSR count). The molecule has 0 radical (unpaired) electrons. The minimum atomic E-state index is -0.691. The first-order chi connectivity index (χ1) is 18.7. The van der Waals surface area contributed by atoms with E-state index in [9.17, 15) is 9.59 Å². The number of ether oxygens (including phenoxy) is 3. The fourth-order valence-electron chi connectivity index (χ4n) is 4.99. The lowest BCUT2D eigenvalue weighted by molar-refractivity contribution is -0.136. The lowest BCUT2D eigenvalue weighted by Gasteiger charge is -2.29. The number of rotatable bonds is 7. The van der Waals surface area contributed by atoms with E-state index < -0.39 is 11.9 Å². The molecule has 1 aliphatic carbocycles. The first-order valence-electron chi connectivity index (χ1n) is 12.2. The molecule has 0 spiro atoms. The predicted molar refractivity (Wildman–Crippen MR) is 154 cm³/mol. The maximum atomic E-state index is 13.7. The van der Waals surface area contributed by atoms with E-state index in [0.717, 1.165) is 11.1 Å². The predicted octanol–water partition coefficient (Wildman–Crippen LogP) is 7.48. The molecule has 6 nitrogen and oxygen atoms in total. The third kappa shape index (κ3) is 4.95. The zero-order chi connectivity index (χ0) is 27.8. The van der Waals surface area contributed by atoms with Crippen molar-refractivity contribution in [2.75, 3.05) is 13.7 Å². The minimum absolute atomic E-state index is 0.140. The second kappa shape index (κ2) is 11.1. The number of nitrogens with one attached hydrogen (secondary N) is 1. The minimum Gasteiger partial charge on any atom is -0.490 e. The molecule has 200 valence electrons. The van der Waals surface area contributed by atoms with Crippen LogP contribution in [0.2, 0.25) is 10.0 Å². The third-order valence-corrected chi connectivity index (χ3v) is 7.88. The number of benzene rings is 3. The molecule has 3 aromatic carbocycles. The molecule has 2 aliphatic rings. The van der Waals surface area contributed by atoms with Crippen LogP contribution in [0.4, 0.5) is 0 Å². The maximum absolute atomic E-state index is 13.7. The number of ketones is 1. The number of esters is 1. The monoisotopic (exact) mass is 627 g/mol. The summed E-state index contributed by atoms with van der Waals surface area (Å²) >= 11 is 16.0. The van der Waals surface area contributed by atoms with Crippen molar-refractivity contribution in [3.05, 3.63) is 108 Å². The largest absolute Gasteiger partial charge is 0.490 e. The first kappa shape index (κ1) is 27.3. The van der Waals surface area contributed by atoms with Gasteiger partial charge in [-0.25, -0.2) is 4.79 Å². The third-order valence-electron chi connectivity index (χ3n) is 6.71. The van der Waals surface area contributed by atoms with Gasteiger partial charge in [-0.15, -0.1) is 0 Å². The molecule has 3 aromatic rings. The van der Waals surface area contributed by atoms with E-state index in [1.807, 2.05) is 31.2 Å². The molecule has 1 N–H and O–H groups in total. The molecular weight excluding hydrogens is 605 g/mol. The second-order valence-electron chi connectivity index (χ2n) is 9.04. The highest BCUT2D eigenvalue weighted by molar-refractivity contribution is 9.10. The van der Waals surface area contributed by atoms with Crippen LogP contribution in [-0.2, 0) is 16.1 Å². The summed E-state index contributed by atoms with van der Waals surface area (Å²) in [5, 5.41) is 4.32. The number of allylic oxidation sites excluding steroid dienone is 2. The maximum Gasteiger partial charge on any atom is 0.336 e. The number of methoxy groups -OCH3 is 1. The molecule has 1 atom stereocenters. The number of carbonyl (C=O) groups is 2. The van der Waals surface area contributed by atoms with E-state index in [1.54, 1.807) is 37.3 Å². The Morgan fingerprint density at radius 3 is 2.49 bits per heavy atom. The highest BCUT2D eigenvalue weighted by atomic mass is 79.9. The summed E-state index contributed by atoms with van der Waals surface area (Å²) in [5.41, 5.74) is 4.97. The van der Waals surface area contributed by atoms with Gasteiger partial charge in [0.05, 0.1) is 29.5 Å². The van der Waals surface area contributed by atoms with Crippen molar-refractivity contribution in [3.8, 4) is 11.5 Å². The van der Waals surface area contributed by atoms with E-state index in [1.165, 1.54) is 7.11 Å². The fraction of sp³-hybridized carbons (Fsp3) is 0.200. The number of fused-ring (bicyclic) bond motifs is 2. The smallest absolute Gasteiger partial charge is 0.336 e. The van der Waals surface area contributed by atoms with Crippen LogP contribution in [0, 0.1) is 0 Å². The normalized spacial score (nSPS) is 16.1. The van der Waals surface area contributed by atoms with Gasteiger partial charge in [0.15, 0.2) is 17.3 Å². The molecule has 0 saturated carbocycles. The zero-order valence-electron chi connectivity index (χ0n) is 21.4. The number of carbonyl (C=O) groups excluding carboxylic acids is 2. The number of hydrogen-bond acceptors (Lipinski definition) is 6. The van der Waals surface area contributed by atoms with Gasteiger partial charge < -0.3 is 19.5 Å². The molecule has 0 unspecified atom stereocenters. The van der Waals surface area contributed by atoms with Crippen molar-refractivity contribution in [2.24, 2.45) is 0 Å². The number of Topliss-reactive ketones (excluding diaryl/α,β-unsaturated/α-hetero) is 1. The van der Waals surface area contributed by atoms with Crippen molar-refractivity contribution in [1.82, 2.24) is 5.32 Å². The van der Waals surface area contributed by atoms with Crippen LogP contribution >= 0.6 is 39.1 Å². The van der Waals surface area contributed by atoms with Crippen molar-refractivity contribution in [1.29, 1.82) is 0 Å². The van der Waals surface area contributed by atoms with Crippen LogP contribution in [0.5, 0.6) is 11.5 Å². The molecule has 9 heteroatoms. The van der Waals surface area contributed by atoms with Gasteiger partial charge in [-0.2, -0.15) is 0 Å². The Bertz CT molecular complexity index is 1580. The second-order valence-corrected chi connectivity index (χ2v) is 10.7. The van der Waals surface area contributed by atoms with Crippen LogP contribution in [0.3, 0.4) is 0 Å². The van der Waals surface area contributed by atoms with E-state index in [0.29, 0.717) is 66.3 Å². The Labute approximate surface area is 244 Å². The molecule has 0 saturated heterocycles. The molecule has 0 bridgehead atoms. The Morgan fingerprint density at radius 1 is 1.05 bits per heavy atom. The van der Waals surface area contributed by atoms with Crippen molar-refractivity contribution in [2.45, 2.75) is 26.4 Å². The topological polar surface area (TPSA) is 73.9 Å². The van der Waals surface area contributed by atoms with E-state index in [-0.39, 0.29) is 12.4 Å². The molecule has 1 aliphatic heterocycles. The van der Waals surface area contributed by atoms with Gasteiger partial charge in [0.1, 0.15) is 6.61 Å². The standard InChI is InChI=1S/C30H24BrCl2NO5/c1-4-38-23-12-17(11-21(31)29(23)39-14-16-9-10-18(32)13-22(16)33)25-24(30(36)37-3)15(2)34-27-19-7-5-6-8-20(19)28(35)26(25)27/h5-13,25,34H,4,14H2,1-3H3/t25-/m1/s1. The van der Waals surface area contributed by atoms with Crippen molar-refractivity contribution < 1.29 is 23.8 Å². The van der Waals surface area contributed by atoms with Gasteiger partial charge in [-0.05, 0) is 59.6 Å².